The number of anilines is 2. The van der Waals surface area contributed by atoms with Crippen molar-refractivity contribution in [2.75, 3.05) is 24.2 Å². The molecule has 0 aliphatic carbocycles. The molecule has 2 aromatic heterocycles. The highest BCUT2D eigenvalue weighted by Gasteiger charge is 2.14. The molecule has 2 aromatic rings. The van der Waals surface area contributed by atoms with Gasteiger partial charge in [-0.25, -0.2) is 13.5 Å². The topological polar surface area (TPSA) is 85.8 Å². The Balaban J connectivity index is 2.32. The van der Waals surface area contributed by atoms with Crippen molar-refractivity contribution in [1.29, 1.82) is 0 Å². The summed E-state index contributed by atoms with van der Waals surface area (Å²) < 4.78 is 25.9. The third-order valence-corrected chi connectivity index (χ3v) is 2.09. The Morgan fingerprint density at radius 3 is 2.78 bits per heavy atom. The highest BCUT2D eigenvalue weighted by atomic mass is 19.3. The van der Waals surface area contributed by atoms with Gasteiger partial charge in [-0.05, 0) is 6.07 Å². The van der Waals surface area contributed by atoms with Crippen molar-refractivity contribution < 1.29 is 8.78 Å². The largest absolute Gasteiger partial charge is 0.368 e. The average Bonchev–Trinajstić information content (AvgIpc) is 2.80. The first kappa shape index (κ1) is 12.1. The fraction of sp³-hybridized carbons (Fsp3) is 0.333. The van der Waals surface area contributed by atoms with E-state index >= 15 is 0 Å². The Morgan fingerprint density at radius 1 is 1.39 bits per heavy atom. The van der Waals surface area contributed by atoms with Crippen LogP contribution in [0.2, 0.25) is 0 Å². The van der Waals surface area contributed by atoms with E-state index in [9.17, 15) is 8.78 Å². The van der Waals surface area contributed by atoms with Crippen LogP contribution in [-0.4, -0.2) is 44.8 Å². The molecule has 9 heteroatoms. The van der Waals surface area contributed by atoms with Gasteiger partial charge in [0.25, 0.3) is 12.4 Å². The minimum atomic E-state index is -2.49. The van der Waals surface area contributed by atoms with Crippen LogP contribution in [0, 0.1) is 0 Å². The van der Waals surface area contributed by atoms with Gasteiger partial charge in [0.05, 0.1) is 6.54 Å². The first-order valence-electron chi connectivity index (χ1n) is 5.07. The number of hydrogen-bond donors (Lipinski definition) is 1. The minimum Gasteiger partial charge on any atom is -0.368 e. The van der Waals surface area contributed by atoms with Crippen molar-refractivity contribution in [3.8, 4) is 5.95 Å². The Morgan fingerprint density at radius 2 is 2.17 bits per heavy atom. The van der Waals surface area contributed by atoms with Crippen LogP contribution < -0.4 is 10.6 Å². The normalized spacial score (nSPS) is 10.9. The molecule has 18 heavy (non-hydrogen) atoms. The summed E-state index contributed by atoms with van der Waals surface area (Å²) >= 11 is 0. The summed E-state index contributed by atoms with van der Waals surface area (Å²) in [6, 6.07) is 1.68. The van der Waals surface area contributed by atoms with E-state index in [2.05, 4.69) is 20.1 Å². The number of nitrogens with zero attached hydrogens (tertiary/aromatic N) is 6. The number of hydrogen-bond acceptors (Lipinski definition) is 6. The molecule has 0 unspecified atom stereocenters. The van der Waals surface area contributed by atoms with Gasteiger partial charge < -0.3 is 10.6 Å². The second kappa shape index (κ2) is 4.90. The summed E-state index contributed by atoms with van der Waals surface area (Å²) in [6.07, 6.45) is 0.676. The number of rotatable bonds is 4. The summed E-state index contributed by atoms with van der Waals surface area (Å²) in [5, 5.41) is 3.93. The zero-order valence-corrected chi connectivity index (χ0v) is 9.53. The molecule has 0 aliphatic rings. The molecular weight excluding hydrogens is 244 g/mol. The minimum absolute atomic E-state index is 0.0494. The van der Waals surface area contributed by atoms with E-state index < -0.39 is 13.0 Å². The van der Waals surface area contributed by atoms with Gasteiger partial charge in [0.2, 0.25) is 11.9 Å². The molecule has 0 saturated carbocycles. The van der Waals surface area contributed by atoms with Crippen molar-refractivity contribution in [1.82, 2.24) is 24.7 Å². The standard InChI is InChI=1S/C9H11F2N7/c1-17(5-6(10)11)8-14-7(12)15-9(16-8)18-4-2-3-13-18/h2-4,6H,5H2,1H3,(H2,12,14,15,16). The van der Waals surface area contributed by atoms with E-state index in [1.807, 2.05) is 0 Å². The lowest BCUT2D eigenvalue weighted by molar-refractivity contribution is 0.156. The summed E-state index contributed by atoms with van der Waals surface area (Å²) in [7, 11) is 1.45. The molecule has 7 nitrogen and oxygen atoms in total. The van der Waals surface area contributed by atoms with Gasteiger partial charge in [-0.3, -0.25) is 0 Å². The van der Waals surface area contributed by atoms with Crippen LogP contribution in [0.25, 0.3) is 5.95 Å². The van der Waals surface area contributed by atoms with E-state index in [-0.39, 0.29) is 17.8 Å². The summed E-state index contributed by atoms with van der Waals surface area (Å²) in [4.78, 5) is 12.9. The van der Waals surface area contributed by atoms with E-state index in [0.29, 0.717) is 0 Å². The maximum atomic E-state index is 12.3. The van der Waals surface area contributed by atoms with Gasteiger partial charge in [0.15, 0.2) is 0 Å². The first-order chi connectivity index (χ1) is 8.56. The van der Waals surface area contributed by atoms with Gasteiger partial charge in [0.1, 0.15) is 0 Å². The Kier molecular flexibility index (Phi) is 3.31. The summed E-state index contributed by atoms with van der Waals surface area (Å²) in [5.74, 6) is 0.212. The number of nitrogens with two attached hydrogens (primary N) is 1. The van der Waals surface area contributed by atoms with Gasteiger partial charge >= 0.3 is 0 Å². The van der Waals surface area contributed by atoms with Crippen LogP contribution in [0.5, 0.6) is 0 Å². The van der Waals surface area contributed by atoms with Crippen molar-refractivity contribution in [3.63, 3.8) is 0 Å². The number of alkyl halides is 2. The fourth-order valence-corrected chi connectivity index (χ4v) is 1.32. The van der Waals surface area contributed by atoms with Crippen LogP contribution in [0.15, 0.2) is 18.5 Å². The van der Waals surface area contributed by atoms with Crippen molar-refractivity contribution in [2.24, 2.45) is 0 Å². The highest BCUT2D eigenvalue weighted by Crippen LogP contribution is 2.11. The quantitative estimate of drug-likeness (QED) is 0.847. The summed E-state index contributed by atoms with van der Waals surface area (Å²) in [6.45, 7) is -0.484. The van der Waals surface area contributed by atoms with Crippen molar-refractivity contribution >= 4 is 11.9 Å². The summed E-state index contributed by atoms with van der Waals surface area (Å²) in [5.41, 5.74) is 5.52. The van der Waals surface area contributed by atoms with Crippen LogP contribution in [-0.2, 0) is 0 Å². The molecule has 0 radical (unpaired) electrons. The molecule has 2 rings (SSSR count). The number of halogens is 2. The zero-order chi connectivity index (χ0) is 13.1. The predicted octanol–water partition coefficient (Wildman–Crippen LogP) is 0.341. The molecule has 2 N–H and O–H groups in total. The van der Waals surface area contributed by atoms with Crippen LogP contribution >= 0.6 is 0 Å². The van der Waals surface area contributed by atoms with Crippen LogP contribution in [0.4, 0.5) is 20.7 Å². The molecule has 0 fully saturated rings. The Bertz CT molecular complexity index is 514. The second-order valence-electron chi connectivity index (χ2n) is 3.52. The lowest BCUT2D eigenvalue weighted by Gasteiger charge is -2.16. The number of aromatic nitrogens is 5. The van der Waals surface area contributed by atoms with Gasteiger partial charge in [-0.15, -0.1) is 0 Å². The van der Waals surface area contributed by atoms with Crippen LogP contribution in [0.1, 0.15) is 0 Å². The molecule has 96 valence electrons. The molecule has 0 atom stereocenters. The maximum absolute atomic E-state index is 12.3. The third kappa shape index (κ3) is 2.67. The molecule has 0 aliphatic heterocycles. The molecule has 0 bridgehead atoms. The molecule has 0 aromatic carbocycles. The third-order valence-electron chi connectivity index (χ3n) is 2.09. The predicted molar refractivity (Wildman–Crippen MR) is 60.6 cm³/mol. The molecule has 0 saturated heterocycles. The van der Waals surface area contributed by atoms with E-state index in [0.717, 1.165) is 0 Å². The second-order valence-corrected chi connectivity index (χ2v) is 3.52. The fourth-order valence-electron chi connectivity index (χ4n) is 1.32. The van der Waals surface area contributed by atoms with E-state index in [1.54, 1.807) is 18.5 Å². The lowest BCUT2D eigenvalue weighted by atomic mass is 10.6. The van der Waals surface area contributed by atoms with Gasteiger partial charge in [-0.2, -0.15) is 20.1 Å². The van der Waals surface area contributed by atoms with Crippen LogP contribution in [0.3, 0.4) is 0 Å². The monoisotopic (exact) mass is 255 g/mol. The smallest absolute Gasteiger partial charge is 0.257 e. The molecular formula is C9H11F2N7. The van der Waals surface area contributed by atoms with E-state index in [4.69, 9.17) is 5.73 Å². The average molecular weight is 255 g/mol. The van der Waals surface area contributed by atoms with Gasteiger partial charge in [-0.1, -0.05) is 0 Å². The number of nitrogen functional groups attached to an aromatic ring is 1. The molecule has 0 amide bonds. The molecule has 0 spiro atoms. The Hall–Kier alpha value is -2.32. The maximum Gasteiger partial charge on any atom is 0.257 e. The van der Waals surface area contributed by atoms with Gasteiger partial charge in [0, 0.05) is 19.4 Å². The molecule has 2 heterocycles. The zero-order valence-electron chi connectivity index (χ0n) is 9.53. The first-order valence-corrected chi connectivity index (χ1v) is 5.07. The highest BCUT2D eigenvalue weighted by molar-refractivity contribution is 5.36. The van der Waals surface area contributed by atoms with Crippen molar-refractivity contribution in [2.45, 2.75) is 6.43 Å². The Labute approximate surface area is 101 Å². The van der Waals surface area contributed by atoms with E-state index in [1.165, 1.54) is 16.6 Å². The van der Waals surface area contributed by atoms with Crippen molar-refractivity contribution in [3.05, 3.63) is 18.5 Å². The lowest BCUT2D eigenvalue weighted by Crippen LogP contribution is -2.27. The SMILES string of the molecule is CN(CC(F)F)c1nc(N)nc(-n2cccn2)n1.